The third-order valence-electron chi connectivity index (χ3n) is 6.43. The Morgan fingerprint density at radius 2 is 1.68 bits per heavy atom. The molecule has 0 aliphatic heterocycles. The number of carbonyl (C=O) groups is 1. The molecule has 0 saturated carbocycles. The number of hydrogen-bond acceptors (Lipinski definition) is 6. The first kappa shape index (κ1) is 26.9. The molecule has 4 aromatic rings. The van der Waals surface area contributed by atoms with Gasteiger partial charge in [0.25, 0.3) is 0 Å². The van der Waals surface area contributed by atoms with Gasteiger partial charge >= 0.3 is 0 Å². The lowest BCUT2D eigenvalue weighted by atomic mass is 9.87. The summed E-state index contributed by atoms with van der Waals surface area (Å²) in [5, 5.41) is 21.1. The highest BCUT2D eigenvalue weighted by atomic mass is 16.3. The van der Waals surface area contributed by atoms with Gasteiger partial charge in [0.15, 0.2) is 0 Å². The van der Waals surface area contributed by atoms with Crippen molar-refractivity contribution in [2.45, 2.75) is 45.1 Å². The number of phenols is 1. The van der Waals surface area contributed by atoms with E-state index in [2.05, 4.69) is 60.7 Å². The predicted octanol–water partition coefficient (Wildman–Crippen LogP) is 4.43. The first-order valence-corrected chi connectivity index (χ1v) is 12.9. The maximum Gasteiger partial charge on any atom is 0.234 e. The summed E-state index contributed by atoms with van der Waals surface area (Å²) in [6.07, 6.45) is 4.77. The predicted molar refractivity (Wildman–Crippen MR) is 151 cm³/mol. The van der Waals surface area contributed by atoms with E-state index in [0.29, 0.717) is 19.5 Å². The van der Waals surface area contributed by atoms with Crippen LogP contribution in [-0.4, -0.2) is 44.9 Å². The van der Waals surface area contributed by atoms with Crippen molar-refractivity contribution >= 4 is 11.7 Å². The van der Waals surface area contributed by atoms with Crippen LogP contribution in [0.5, 0.6) is 5.75 Å². The van der Waals surface area contributed by atoms with Crippen molar-refractivity contribution in [1.82, 2.24) is 20.1 Å². The Bertz CT molecular complexity index is 1330. The van der Waals surface area contributed by atoms with Crippen LogP contribution in [0.25, 0.3) is 16.9 Å². The number of rotatable bonds is 11. The van der Waals surface area contributed by atoms with Crippen molar-refractivity contribution < 1.29 is 9.90 Å². The minimum absolute atomic E-state index is 0.0734. The van der Waals surface area contributed by atoms with Gasteiger partial charge in [-0.1, -0.05) is 45.0 Å². The first-order chi connectivity index (χ1) is 18.2. The molecule has 198 valence electrons. The number of amides is 1. The number of aromatic nitrogens is 3. The van der Waals surface area contributed by atoms with Gasteiger partial charge in [0.2, 0.25) is 5.91 Å². The fourth-order valence-corrected chi connectivity index (χ4v) is 4.19. The van der Waals surface area contributed by atoms with Crippen LogP contribution in [0.2, 0.25) is 0 Å². The number of anilines is 1. The molecule has 2 heterocycles. The number of pyridine rings is 1. The molecule has 0 aliphatic rings. The Hall–Kier alpha value is -4.17. The molecule has 4 rings (SSSR count). The maximum absolute atomic E-state index is 12.0. The van der Waals surface area contributed by atoms with Crippen molar-refractivity contribution in [1.29, 1.82) is 0 Å². The van der Waals surface area contributed by atoms with Crippen LogP contribution in [0.1, 0.15) is 38.3 Å². The molecular weight excluding hydrogens is 476 g/mol. The van der Waals surface area contributed by atoms with E-state index in [1.807, 2.05) is 22.9 Å². The first-order valence-electron chi connectivity index (χ1n) is 12.9. The summed E-state index contributed by atoms with van der Waals surface area (Å²) in [4.78, 5) is 16.1. The zero-order valence-electron chi connectivity index (χ0n) is 22.2. The number of phenolic OH excluding ortho intramolecular Hbond substituents is 1. The molecule has 0 fully saturated rings. The van der Waals surface area contributed by atoms with Crippen molar-refractivity contribution in [3.05, 3.63) is 90.3 Å². The van der Waals surface area contributed by atoms with Crippen LogP contribution < -0.4 is 16.4 Å². The second kappa shape index (κ2) is 11.9. The highest BCUT2D eigenvalue weighted by Crippen LogP contribution is 2.27. The molecule has 0 saturated heterocycles. The molecule has 2 aromatic heterocycles. The van der Waals surface area contributed by atoms with Crippen molar-refractivity contribution in [3.63, 3.8) is 0 Å². The summed E-state index contributed by atoms with van der Waals surface area (Å²) in [6, 6.07) is 20.7. The number of carbonyl (C=O) groups excluding carboxylic acids is 1. The lowest BCUT2D eigenvalue weighted by Crippen LogP contribution is -2.43. The van der Waals surface area contributed by atoms with E-state index in [1.165, 1.54) is 5.56 Å². The molecule has 8 heteroatoms. The molecular formula is C30H36N6O2. The van der Waals surface area contributed by atoms with Gasteiger partial charge in [-0.2, -0.15) is 5.10 Å². The molecule has 1 unspecified atom stereocenters. The molecule has 5 N–H and O–H groups in total. The lowest BCUT2D eigenvalue weighted by molar-refractivity contribution is -0.120. The average Bonchev–Trinajstić information content (AvgIpc) is 3.33. The van der Waals surface area contributed by atoms with E-state index in [0.717, 1.165) is 34.7 Å². The van der Waals surface area contributed by atoms with Crippen LogP contribution in [0.3, 0.4) is 0 Å². The standard InChI is InChI=1S/C30H36N6O2/c1-30(2,3)23-7-9-24(10-8-23)36-28(20-26(35-36)22-13-17-32-18-14-22)34-16-4-15-33-27(29(31)38)19-21-5-11-25(37)12-6-21/h5-14,17-18,20,27,33-34,37H,4,15-16,19H2,1-3H3,(H2,31,38). The maximum atomic E-state index is 12.0. The van der Waals surface area contributed by atoms with Crippen LogP contribution in [0.15, 0.2) is 79.1 Å². The van der Waals surface area contributed by atoms with Gasteiger partial charge in [-0.05, 0) is 72.3 Å². The van der Waals surface area contributed by atoms with Crippen LogP contribution in [-0.2, 0) is 16.6 Å². The third kappa shape index (κ3) is 6.98. The van der Waals surface area contributed by atoms with Gasteiger partial charge in [-0.25, -0.2) is 4.68 Å². The molecule has 0 spiro atoms. The Morgan fingerprint density at radius 1 is 1.00 bits per heavy atom. The molecule has 2 aromatic carbocycles. The van der Waals surface area contributed by atoms with E-state index in [1.54, 1.807) is 36.7 Å². The monoisotopic (exact) mass is 512 g/mol. The molecule has 1 atom stereocenters. The number of hydrogen-bond donors (Lipinski definition) is 4. The lowest BCUT2D eigenvalue weighted by Gasteiger charge is -2.19. The van der Waals surface area contributed by atoms with Crippen LogP contribution in [0.4, 0.5) is 5.82 Å². The number of primary amides is 1. The topological polar surface area (TPSA) is 118 Å². The largest absolute Gasteiger partial charge is 0.508 e. The zero-order chi connectivity index (χ0) is 27.1. The van der Waals surface area contributed by atoms with Crippen LogP contribution >= 0.6 is 0 Å². The van der Waals surface area contributed by atoms with E-state index in [4.69, 9.17) is 10.8 Å². The summed E-state index contributed by atoms with van der Waals surface area (Å²) in [5.74, 6) is 0.681. The van der Waals surface area contributed by atoms with Gasteiger partial charge in [0.1, 0.15) is 11.6 Å². The van der Waals surface area contributed by atoms with Crippen molar-refractivity contribution in [2.24, 2.45) is 5.73 Å². The van der Waals surface area contributed by atoms with Gasteiger partial charge in [0.05, 0.1) is 17.4 Å². The normalized spacial score (nSPS) is 12.3. The van der Waals surface area contributed by atoms with Gasteiger partial charge < -0.3 is 21.5 Å². The molecule has 1 amide bonds. The third-order valence-corrected chi connectivity index (χ3v) is 6.43. The fourth-order valence-electron chi connectivity index (χ4n) is 4.19. The second-order valence-electron chi connectivity index (χ2n) is 10.4. The molecule has 8 nitrogen and oxygen atoms in total. The molecule has 38 heavy (non-hydrogen) atoms. The number of nitrogens with two attached hydrogens (primary N) is 1. The number of benzene rings is 2. The zero-order valence-corrected chi connectivity index (χ0v) is 22.2. The minimum atomic E-state index is -0.482. The summed E-state index contributed by atoms with van der Waals surface area (Å²) in [5.41, 5.74) is 10.7. The molecule has 0 radical (unpaired) electrons. The SMILES string of the molecule is CC(C)(C)c1ccc(-n2nc(-c3ccncc3)cc2NCCCNC(Cc2ccc(O)cc2)C(N)=O)cc1. The quantitative estimate of drug-likeness (QED) is 0.221. The molecule has 0 aliphatic carbocycles. The van der Waals surface area contributed by atoms with Gasteiger partial charge in [0, 0.05) is 30.6 Å². The minimum Gasteiger partial charge on any atom is -0.508 e. The highest BCUT2D eigenvalue weighted by molar-refractivity contribution is 5.80. The van der Waals surface area contributed by atoms with Gasteiger partial charge in [-0.15, -0.1) is 0 Å². The number of aromatic hydroxyl groups is 1. The Balaban J connectivity index is 1.42. The average molecular weight is 513 g/mol. The smallest absolute Gasteiger partial charge is 0.234 e. The van der Waals surface area contributed by atoms with E-state index in [9.17, 15) is 9.90 Å². The van der Waals surface area contributed by atoms with Crippen molar-refractivity contribution in [2.75, 3.05) is 18.4 Å². The number of nitrogens with one attached hydrogen (secondary N) is 2. The summed E-state index contributed by atoms with van der Waals surface area (Å²) < 4.78 is 1.92. The fraction of sp³-hybridized carbons (Fsp3) is 0.300. The molecule has 0 bridgehead atoms. The summed E-state index contributed by atoms with van der Waals surface area (Å²) in [6.45, 7) is 7.90. The Morgan fingerprint density at radius 3 is 2.32 bits per heavy atom. The summed E-state index contributed by atoms with van der Waals surface area (Å²) in [7, 11) is 0. The van der Waals surface area contributed by atoms with Gasteiger partial charge in [-0.3, -0.25) is 9.78 Å². The number of nitrogens with zero attached hydrogens (tertiary/aromatic N) is 3. The van der Waals surface area contributed by atoms with E-state index in [-0.39, 0.29) is 11.2 Å². The second-order valence-corrected chi connectivity index (χ2v) is 10.4. The highest BCUT2D eigenvalue weighted by Gasteiger charge is 2.17. The van der Waals surface area contributed by atoms with Crippen LogP contribution in [0, 0.1) is 0 Å². The summed E-state index contributed by atoms with van der Waals surface area (Å²) >= 11 is 0. The van der Waals surface area contributed by atoms with Crippen molar-refractivity contribution in [3.8, 4) is 22.7 Å². The Kier molecular flexibility index (Phi) is 8.43. The van der Waals surface area contributed by atoms with E-state index < -0.39 is 11.9 Å². The van der Waals surface area contributed by atoms with E-state index >= 15 is 0 Å². The Labute approximate surface area is 223 Å².